The summed E-state index contributed by atoms with van der Waals surface area (Å²) in [5, 5.41) is 0. The van der Waals surface area contributed by atoms with Gasteiger partial charge in [-0.3, -0.25) is 0 Å². The molecule has 0 fully saturated rings. The molecule has 3 heteroatoms. The van der Waals surface area contributed by atoms with Crippen molar-refractivity contribution in [3.63, 3.8) is 0 Å². The lowest BCUT2D eigenvalue weighted by molar-refractivity contribution is 1.31. The van der Waals surface area contributed by atoms with Gasteiger partial charge in [0.15, 0.2) is 3.95 Å². The van der Waals surface area contributed by atoms with E-state index in [1.165, 1.54) is 27.3 Å². The number of rotatable bonds is 1. The van der Waals surface area contributed by atoms with Crippen LogP contribution < -0.4 is 0 Å². The Morgan fingerprint density at radius 3 is 2.53 bits per heavy atom. The summed E-state index contributed by atoms with van der Waals surface area (Å²) in [5.74, 6) is 0. The molecule has 0 saturated heterocycles. The topological polar surface area (TPSA) is 15.8 Å². The smallest absolute Gasteiger partial charge is 0.159 e. The molecular weight excluding hydrogens is 222 g/mol. The summed E-state index contributed by atoms with van der Waals surface area (Å²) in [6.07, 6.45) is 0. The Morgan fingerprint density at radius 2 is 1.93 bits per heavy atom. The summed E-state index contributed by atoms with van der Waals surface area (Å²) in [5.41, 5.74) is 5.00. The third kappa shape index (κ3) is 2.03. The molecular formula is C12H13NS2. The number of hydrogen-bond acceptors (Lipinski definition) is 2. The summed E-state index contributed by atoms with van der Waals surface area (Å²) in [4.78, 5) is 4.52. The molecule has 0 atom stereocenters. The van der Waals surface area contributed by atoms with Crippen LogP contribution in [0.25, 0.3) is 11.3 Å². The molecule has 1 N–H and O–H groups in total. The van der Waals surface area contributed by atoms with Gasteiger partial charge in [-0.2, -0.15) is 0 Å². The molecule has 1 aromatic heterocycles. The fourth-order valence-corrected chi connectivity index (χ4v) is 2.84. The van der Waals surface area contributed by atoms with E-state index in [1.54, 1.807) is 11.3 Å². The highest BCUT2D eigenvalue weighted by Crippen LogP contribution is 2.28. The lowest BCUT2D eigenvalue weighted by atomic mass is 10.0. The SMILES string of the molecule is Cc1ccc(C)c(-c2[nH]c(=S)sc2C)c1. The van der Waals surface area contributed by atoms with Crippen LogP contribution in [0, 0.1) is 24.7 Å². The minimum absolute atomic E-state index is 0.850. The largest absolute Gasteiger partial charge is 0.337 e. The predicted octanol–water partition coefficient (Wildman–Crippen LogP) is 4.40. The highest BCUT2D eigenvalue weighted by atomic mass is 32.1. The highest BCUT2D eigenvalue weighted by molar-refractivity contribution is 7.73. The first kappa shape index (κ1) is 10.6. The Morgan fingerprint density at radius 1 is 1.20 bits per heavy atom. The molecule has 1 nitrogen and oxygen atoms in total. The summed E-state index contributed by atoms with van der Waals surface area (Å²) in [7, 11) is 0. The number of thiazole rings is 1. The number of nitrogens with one attached hydrogen (secondary N) is 1. The lowest BCUT2D eigenvalue weighted by Gasteiger charge is -2.05. The minimum Gasteiger partial charge on any atom is -0.337 e. The van der Waals surface area contributed by atoms with Crippen LogP contribution in [0.3, 0.4) is 0 Å². The number of benzene rings is 1. The third-order valence-corrected chi connectivity index (χ3v) is 3.64. The van der Waals surface area contributed by atoms with Crippen LogP contribution in [0.1, 0.15) is 16.0 Å². The molecule has 0 radical (unpaired) electrons. The molecule has 1 heterocycles. The van der Waals surface area contributed by atoms with Crippen LogP contribution in [0.2, 0.25) is 0 Å². The summed E-state index contributed by atoms with van der Waals surface area (Å²) in [6.45, 7) is 6.34. The van der Waals surface area contributed by atoms with Crippen molar-refractivity contribution in [1.29, 1.82) is 0 Å². The van der Waals surface area contributed by atoms with Crippen LogP contribution in [-0.2, 0) is 0 Å². The second-order valence-electron chi connectivity index (χ2n) is 3.76. The van der Waals surface area contributed by atoms with Gasteiger partial charge < -0.3 is 4.98 Å². The summed E-state index contributed by atoms with van der Waals surface area (Å²) >= 11 is 6.80. The zero-order valence-electron chi connectivity index (χ0n) is 9.05. The molecule has 0 aliphatic carbocycles. The molecule has 0 aliphatic heterocycles. The zero-order valence-corrected chi connectivity index (χ0v) is 10.7. The highest BCUT2D eigenvalue weighted by Gasteiger charge is 2.07. The van der Waals surface area contributed by atoms with E-state index in [2.05, 4.69) is 44.0 Å². The lowest BCUT2D eigenvalue weighted by Crippen LogP contribution is -1.86. The van der Waals surface area contributed by atoms with Crippen molar-refractivity contribution in [2.75, 3.05) is 0 Å². The Bertz CT molecular complexity index is 549. The van der Waals surface area contributed by atoms with Gasteiger partial charge in [-0.05, 0) is 44.6 Å². The maximum absolute atomic E-state index is 5.16. The maximum atomic E-state index is 5.16. The van der Waals surface area contributed by atoms with E-state index in [0.29, 0.717) is 0 Å². The van der Waals surface area contributed by atoms with Crippen molar-refractivity contribution in [1.82, 2.24) is 4.98 Å². The molecule has 0 aliphatic rings. The average Bonchev–Trinajstić information content (AvgIpc) is 2.50. The predicted molar refractivity (Wildman–Crippen MR) is 69.2 cm³/mol. The van der Waals surface area contributed by atoms with Crippen molar-refractivity contribution >= 4 is 23.6 Å². The third-order valence-electron chi connectivity index (χ3n) is 2.49. The Hall–Kier alpha value is -0.930. The van der Waals surface area contributed by atoms with Crippen molar-refractivity contribution < 1.29 is 0 Å². The molecule has 0 bridgehead atoms. The van der Waals surface area contributed by atoms with E-state index in [0.717, 1.165) is 3.95 Å². The fourth-order valence-electron chi connectivity index (χ4n) is 1.67. The quantitative estimate of drug-likeness (QED) is 0.724. The number of aromatic nitrogens is 1. The van der Waals surface area contributed by atoms with Gasteiger partial charge in [-0.25, -0.2) is 0 Å². The first-order valence-electron chi connectivity index (χ1n) is 4.85. The minimum atomic E-state index is 0.850. The number of aromatic amines is 1. The van der Waals surface area contributed by atoms with Gasteiger partial charge in [0.05, 0.1) is 5.69 Å². The number of hydrogen-bond donors (Lipinski definition) is 1. The second kappa shape index (κ2) is 3.91. The fraction of sp³-hybridized carbons (Fsp3) is 0.250. The van der Waals surface area contributed by atoms with Crippen LogP contribution in [0.15, 0.2) is 18.2 Å². The van der Waals surface area contributed by atoms with Gasteiger partial charge in [-0.1, -0.05) is 17.7 Å². The maximum Gasteiger partial charge on any atom is 0.159 e. The van der Waals surface area contributed by atoms with E-state index >= 15 is 0 Å². The van der Waals surface area contributed by atoms with Gasteiger partial charge in [-0.15, -0.1) is 11.3 Å². The first-order chi connectivity index (χ1) is 7.08. The molecule has 0 amide bonds. The van der Waals surface area contributed by atoms with Crippen LogP contribution in [0.5, 0.6) is 0 Å². The molecule has 15 heavy (non-hydrogen) atoms. The van der Waals surface area contributed by atoms with Gasteiger partial charge >= 0.3 is 0 Å². The summed E-state index contributed by atoms with van der Waals surface area (Å²) in [6, 6.07) is 6.49. The summed E-state index contributed by atoms with van der Waals surface area (Å²) < 4.78 is 0.850. The molecule has 0 spiro atoms. The van der Waals surface area contributed by atoms with Crippen LogP contribution in [0.4, 0.5) is 0 Å². The Balaban J connectivity index is 2.68. The molecule has 0 saturated carbocycles. The van der Waals surface area contributed by atoms with Crippen LogP contribution in [-0.4, -0.2) is 4.98 Å². The molecule has 2 rings (SSSR count). The molecule has 1 aromatic carbocycles. The van der Waals surface area contributed by atoms with Gasteiger partial charge in [0.25, 0.3) is 0 Å². The van der Waals surface area contributed by atoms with Crippen molar-refractivity contribution in [3.05, 3.63) is 38.2 Å². The molecule has 78 valence electrons. The van der Waals surface area contributed by atoms with E-state index in [1.807, 2.05) is 0 Å². The average molecular weight is 235 g/mol. The van der Waals surface area contributed by atoms with Gasteiger partial charge in [0.2, 0.25) is 0 Å². The Labute approximate surface area is 98.8 Å². The second-order valence-corrected chi connectivity index (χ2v) is 5.66. The number of H-pyrrole nitrogens is 1. The van der Waals surface area contributed by atoms with E-state index in [9.17, 15) is 0 Å². The molecule has 0 unspecified atom stereocenters. The van der Waals surface area contributed by atoms with Crippen molar-refractivity contribution in [2.24, 2.45) is 0 Å². The Kier molecular flexibility index (Phi) is 2.76. The van der Waals surface area contributed by atoms with E-state index in [4.69, 9.17) is 12.2 Å². The van der Waals surface area contributed by atoms with E-state index < -0.39 is 0 Å². The van der Waals surface area contributed by atoms with E-state index in [-0.39, 0.29) is 0 Å². The zero-order chi connectivity index (χ0) is 11.0. The van der Waals surface area contributed by atoms with Crippen molar-refractivity contribution in [2.45, 2.75) is 20.8 Å². The first-order valence-corrected chi connectivity index (χ1v) is 6.08. The van der Waals surface area contributed by atoms with Gasteiger partial charge in [0, 0.05) is 10.4 Å². The monoisotopic (exact) mass is 235 g/mol. The van der Waals surface area contributed by atoms with Crippen molar-refractivity contribution in [3.8, 4) is 11.3 Å². The number of aryl methyl sites for hydroxylation is 3. The van der Waals surface area contributed by atoms with Crippen LogP contribution >= 0.6 is 23.6 Å². The standard InChI is InChI=1S/C12H13NS2/c1-7-4-5-8(2)10(6-7)11-9(3)15-12(14)13-11/h4-6H,1-3H3,(H,13,14). The van der Waals surface area contributed by atoms with Gasteiger partial charge in [0.1, 0.15) is 0 Å². The molecule has 2 aromatic rings. The normalized spacial score (nSPS) is 10.6.